The summed E-state index contributed by atoms with van der Waals surface area (Å²) in [5.41, 5.74) is 4.91. The van der Waals surface area contributed by atoms with E-state index in [9.17, 15) is 20.2 Å². The normalized spacial score (nSPS) is 15.9. The van der Waals surface area contributed by atoms with E-state index in [2.05, 4.69) is 38.3 Å². The molecule has 0 saturated heterocycles. The summed E-state index contributed by atoms with van der Waals surface area (Å²) in [5, 5.41) is 22.7. The Balaban J connectivity index is 1.97. The second kappa shape index (κ2) is 10.1. The fourth-order valence-electron chi connectivity index (χ4n) is 4.87. The summed E-state index contributed by atoms with van der Waals surface area (Å²) in [4.78, 5) is 24.3. The predicted octanol–water partition coefficient (Wildman–Crippen LogP) is 7.68. The number of nitro benzene ring substituents is 2. The van der Waals surface area contributed by atoms with Gasteiger partial charge in [0.05, 0.1) is 9.85 Å². The van der Waals surface area contributed by atoms with Crippen molar-refractivity contribution in [1.29, 1.82) is 0 Å². The Kier molecular flexibility index (Phi) is 7.53. The van der Waals surface area contributed by atoms with Crippen molar-refractivity contribution in [3.05, 3.63) is 109 Å². The molecule has 1 aliphatic rings. The number of benzene rings is 2. The molecule has 1 aliphatic heterocycles. The van der Waals surface area contributed by atoms with E-state index < -0.39 is 10.8 Å². The molecule has 0 aromatic heterocycles. The first-order valence-electron chi connectivity index (χ1n) is 12.2. The van der Waals surface area contributed by atoms with Crippen molar-refractivity contribution in [3.63, 3.8) is 0 Å². The van der Waals surface area contributed by atoms with Crippen LogP contribution < -0.4 is 4.90 Å². The van der Waals surface area contributed by atoms with E-state index in [0.29, 0.717) is 0 Å². The van der Waals surface area contributed by atoms with Crippen LogP contribution in [0.2, 0.25) is 0 Å². The van der Waals surface area contributed by atoms with E-state index in [-0.39, 0.29) is 21.2 Å². The van der Waals surface area contributed by atoms with Crippen LogP contribution in [0.3, 0.4) is 0 Å². The van der Waals surface area contributed by atoms with Gasteiger partial charge in [-0.2, -0.15) is 0 Å². The molecule has 0 saturated carbocycles. The van der Waals surface area contributed by atoms with E-state index in [0.717, 1.165) is 53.0 Å². The summed E-state index contributed by atoms with van der Waals surface area (Å²) < 4.78 is 0. The fraction of sp³-hybridized carbons (Fsp3) is 0.379. The molecule has 7 nitrogen and oxygen atoms in total. The van der Waals surface area contributed by atoms with Crippen molar-refractivity contribution < 1.29 is 9.85 Å². The quantitative estimate of drug-likeness (QED) is 0.205. The summed E-state index contributed by atoms with van der Waals surface area (Å²) in [6, 6.07) is 10.0. The molecule has 2 aromatic rings. The number of unbranched alkanes of at least 4 members (excludes halogenated alkanes) is 1. The summed E-state index contributed by atoms with van der Waals surface area (Å²) in [6.45, 7) is 17.4. The van der Waals surface area contributed by atoms with Gasteiger partial charge in [-0.3, -0.25) is 20.2 Å². The SMILES string of the molecule is C=C(/C=C/C=C1/N(CCCC)c2ccc([N+](=O)[O-])cc2C1(C)C)C(C)(C)c1cc([N+](=O)[O-])ccc1C. The largest absolute Gasteiger partial charge is 0.344 e. The summed E-state index contributed by atoms with van der Waals surface area (Å²) in [6.07, 6.45) is 8.01. The van der Waals surface area contributed by atoms with Crippen molar-refractivity contribution in [1.82, 2.24) is 0 Å². The van der Waals surface area contributed by atoms with Crippen LogP contribution in [0.25, 0.3) is 0 Å². The van der Waals surface area contributed by atoms with Gasteiger partial charge in [-0.15, -0.1) is 0 Å². The van der Waals surface area contributed by atoms with E-state index in [1.807, 2.05) is 39.0 Å². The van der Waals surface area contributed by atoms with Crippen LogP contribution in [0, 0.1) is 27.2 Å². The first-order valence-corrected chi connectivity index (χ1v) is 12.2. The Hall–Kier alpha value is -3.74. The average molecular weight is 490 g/mol. The predicted molar refractivity (Wildman–Crippen MR) is 146 cm³/mol. The molecule has 0 amide bonds. The maximum atomic E-state index is 11.4. The molecular formula is C29H35N3O4. The summed E-state index contributed by atoms with van der Waals surface area (Å²) in [7, 11) is 0. The van der Waals surface area contributed by atoms with Gasteiger partial charge in [-0.25, -0.2) is 0 Å². The van der Waals surface area contributed by atoms with Crippen LogP contribution in [0.15, 0.2) is 72.5 Å². The van der Waals surface area contributed by atoms with Gasteiger partial charge in [0.2, 0.25) is 0 Å². The number of rotatable bonds is 9. The van der Waals surface area contributed by atoms with Gasteiger partial charge in [-0.1, -0.05) is 65.8 Å². The topological polar surface area (TPSA) is 89.5 Å². The molecule has 0 radical (unpaired) electrons. The number of hydrogen-bond acceptors (Lipinski definition) is 5. The third kappa shape index (κ3) is 4.96. The zero-order valence-corrected chi connectivity index (χ0v) is 22.0. The highest BCUT2D eigenvalue weighted by Crippen LogP contribution is 2.49. The van der Waals surface area contributed by atoms with Gasteiger partial charge in [0.15, 0.2) is 0 Å². The van der Waals surface area contributed by atoms with Gasteiger partial charge >= 0.3 is 0 Å². The van der Waals surface area contributed by atoms with E-state index in [1.165, 1.54) is 6.07 Å². The van der Waals surface area contributed by atoms with Crippen LogP contribution in [0.4, 0.5) is 17.1 Å². The molecule has 7 heteroatoms. The molecule has 0 N–H and O–H groups in total. The van der Waals surface area contributed by atoms with E-state index in [1.54, 1.807) is 24.3 Å². The highest BCUT2D eigenvalue weighted by atomic mass is 16.6. The summed E-state index contributed by atoms with van der Waals surface area (Å²) >= 11 is 0. The molecule has 0 atom stereocenters. The Bertz CT molecular complexity index is 1270. The lowest BCUT2D eigenvalue weighted by molar-refractivity contribution is -0.385. The van der Waals surface area contributed by atoms with Gasteiger partial charge in [0.1, 0.15) is 0 Å². The molecule has 3 rings (SSSR count). The molecular weight excluding hydrogens is 454 g/mol. The monoisotopic (exact) mass is 489 g/mol. The lowest BCUT2D eigenvalue weighted by Gasteiger charge is -2.28. The molecule has 2 aromatic carbocycles. The fourth-order valence-corrected chi connectivity index (χ4v) is 4.87. The van der Waals surface area contributed by atoms with Crippen molar-refractivity contribution in [3.8, 4) is 0 Å². The number of aryl methyl sites for hydroxylation is 1. The first kappa shape index (κ1) is 26.9. The van der Waals surface area contributed by atoms with Gasteiger partial charge < -0.3 is 4.90 Å². The molecule has 190 valence electrons. The lowest BCUT2D eigenvalue weighted by atomic mass is 9.76. The number of nitro groups is 2. The van der Waals surface area contributed by atoms with Crippen LogP contribution in [-0.2, 0) is 10.8 Å². The van der Waals surface area contributed by atoms with Crippen molar-refractivity contribution >= 4 is 17.1 Å². The summed E-state index contributed by atoms with van der Waals surface area (Å²) in [5.74, 6) is 0. The Labute approximate surface area is 213 Å². The maximum absolute atomic E-state index is 11.4. The molecule has 0 aliphatic carbocycles. The average Bonchev–Trinajstić information content (AvgIpc) is 3.03. The second-order valence-electron chi connectivity index (χ2n) is 10.4. The second-order valence-corrected chi connectivity index (χ2v) is 10.4. The number of hydrogen-bond donors (Lipinski definition) is 0. The zero-order valence-electron chi connectivity index (χ0n) is 22.0. The molecule has 0 unspecified atom stereocenters. The zero-order chi connectivity index (χ0) is 26.8. The minimum Gasteiger partial charge on any atom is -0.344 e. The Morgan fingerprint density at radius 1 is 1.08 bits per heavy atom. The first-order chi connectivity index (χ1) is 16.8. The Morgan fingerprint density at radius 2 is 1.69 bits per heavy atom. The third-order valence-corrected chi connectivity index (χ3v) is 7.28. The Morgan fingerprint density at radius 3 is 2.31 bits per heavy atom. The number of non-ortho nitro benzene ring substituents is 2. The van der Waals surface area contributed by atoms with Gasteiger partial charge in [0.25, 0.3) is 11.4 Å². The van der Waals surface area contributed by atoms with Crippen LogP contribution >= 0.6 is 0 Å². The highest BCUT2D eigenvalue weighted by molar-refractivity contribution is 5.72. The standard InChI is InChI=1S/C29H35N3O4/c1-8-9-17-30-26-16-15-23(32(35)36)19-25(26)29(6,7)27(30)12-10-11-21(3)28(4,5)24-18-22(31(33)34)14-13-20(24)2/h10-16,18-19H,3,8-9,17H2,1-2,4-7H3/b11-10+,27-12+. The number of nitrogens with zero attached hydrogens (tertiary/aromatic N) is 3. The van der Waals surface area contributed by atoms with E-state index >= 15 is 0 Å². The van der Waals surface area contributed by atoms with Gasteiger partial charge in [0, 0.05) is 53.0 Å². The molecule has 36 heavy (non-hydrogen) atoms. The van der Waals surface area contributed by atoms with Crippen LogP contribution in [-0.4, -0.2) is 16.4 Å². The van der Waals surface area contributed by atoms with E-state index in [4.69, 9.17) is 0 Å². The third-order valence-electron chi connectivity index (χ3n) is 7.28. The van der Waals surface area contributed by atoms with Crippen LogP contribution in [0.1, 0.15) is 64.2 Å². The molecule has 1 heterocycles. The number of fused-ring (bicyclic) bond motifs is 1. The van der Waals surface area contributed by atoms with Crippen molar-refractivity contribution in [2.75, 3.05) is 11.4 Å². The number of allylic oxidation sites excluding steroid dienone is 5. The highest BCUT2D eigenvalue weighted by Gasteiger charge is 2.40. The number of anilines is 1. The molecule has 0 spiro atoms. The molecule has 0 bridgehead atoms. The van der Waals surface area contributed by atoms with Gasteiger partial charge in [-0.05, 0) is 47.8 Å². The maximum Gasteiger partial charge on any atom is 0.269 e. The minimum absolute atomic E-state index is 0.0636. The lowest BCUT2D eigenvalue weighted by Crippen LogP contribution is -2.27. The van der Waals surface area contributed by atoms with Crippen molar-refractivity contribution in [2.24, 2.45) is 0 Å². The smallest absolute Gasteiger partial charge is 0.269 e. The molecule has 0 fully saturated rings. The van der Waals surface area contributed by atoms with Crippen molar-refractivity contribution in [2.45, 2.75) is 65.2 Å². The van der Waals surface area contributed by atoms with Crippen LogP contribution in [0.5, 0.6) is 0 Å². The minimum atomic E-state index is -0.512.